The molecule has 6 heteroatoms. The van der Waals surface area contributed by atoms with E-state index < -0.39 is 17.6 Å². The number of carboxylic acids is 1. The first-order valence-electron chi connectivity index (χ1n) is 6.75. The van der Waals surface area contributed by atoms with Gasteiger partial charge in [0.15, 0.2) is 5.54 Å². The van der Waals surface area contributed by atoms with Gasteiger partial charge >= 0.3 is 12.1 Å². The fourth-order valence-corrected chi connectivity index (χ4v) is 3.78. The molecule has 0 aromatic heterocycles. The first-order valence-corrected chi connectivity index (χ1v) is 7.80. The smallest absolute Gasteiger partial charge is 0.410 e. The van der Waals surface area contributed by atoms with Crippen molar-refractivity contribution in [1.29, 1.82) is 0 Å². The van der Waals surface area contributed by atoms with Crippen molar-refractivity contribution in [2.75, 3.05) is 12.8 Å². The molecule has 114 valence electrons. The number of ether oxygens (including phenoxy) is 1. The van der Waals surface area contributed by atoms with Crippen LogP contribution in [0.15, 0.2) is 30.3 Å². The molecule has 2 rings (SSSR count). The highest BCUT2D eigenvalue weighted by Crippen LogP contribution is 2.38. The Morgan fingerprint density at radius 2 is 2.10 bits per heavy atom. The molecule has 21 heavy (non-hydrogen) atoms. The molecule has 1 amide bonds. The van der Waals surface area contributed by atoms with E-state index in [9.17, 15) is 14.7 Å². The lowest BCUT2D eigenvalue weighted by Gasteiger charge is -2.33. The zero-order chi connectivity index (χ0) is 15.5. The van der Waals surface area contributed by atoms with Gasteiger partial charge in [-0.1, -0.05) is 37.3 Å². The predicted molar refractivity (Wildman–Crippen MR) is 81.3 cm³/mol. The Morgan fingerprint density at radius 1 is 1.43 bits per heavy atom. The topological polar surface area (TPSA) is 66.8 Å². The maximum Gasteiger partial charge on any atom is 0.410 e. The van der Waals surface area contributed by atoms with E-state index in [0.29, 0.717) is 12.2 Å². The zero-order valence-electron chi connectivity index (χ0n) is 12.1. The third-order valence-electron chi connectivity index (χ3n) is 3.75. The quantitative estimate of drug-likeness (QED) is 0.926. The van der Waals surface area contributed by atoms with Crippen molar-refractivity contribution in [3.8, 4) is 0 Å². The number of carbonyl (C=O) groups excluding carboxylic acids is 1. The van der Waals surface area contributed by atoms with Crippen LogP contribution in [0.2, 0.25) is 0 Å². The number of carboxylic acid groups (broad SMARTS) is 1. The SMILES string of the molecule is CC1CC(C(=O)O)(N(C)C(=O)OCc2ccccc2)CS1. The van der Waals surface area contributed by atoms with Crippen LogP contribution in [0, 0.1) is 0 Å². The summed E-state index contributed by atoms with van der Waals surface area (Å²) in [6, 6.07) is 9.32. The Balaban J connectivity index is 2.02. The Labute approximate surface area is 128 Å². The molecule has 1 aromatic carbocycles. The van der Waals surface area contributed by atoms with E-state index >= 15 is 0 Å². The molecule has 1 aromatic rings. The number of thioether (sulfide) groups is 1. The lowest BCUT2D eigenvalue weighted by atomic mass is 9.95. The highest BCUT2D eigenvalue weighted by molar-refractivity contribution is 8.00. The van der Waals surface area contributed by atoms with E-state index in [4.69, 9.17) is 4.74 Å². The van der Waals surface area contributed by atoms with Crippen LogP contribution in [0.1, 0.15) is 18.9 Å². The van der Waals surface area contributed by atoms with Gasteiger partial charge in [-0.05, 0) is 12.0 Å². The molecule has 5 nitrogen and oxygen atoms in total. The zero-order valence-corrected chi connectivity index (χ0v) is 12.9. The van der Waals surface area contributed by atoms with Crippen LogP contribution in [-0.4, -0.2) is 45.7 Å². The van der Waals surface area contributed by atoms with Gasteiger partial charge in [0, 0.05) is 18.1 Å². The number of hydrogen-bond donors (Lipinski definition) is 1. The van der Waals surface area contributed by atoms with Crippen molar-refractivity contribution < 1.29 is 19.4 Å². The summed E-state index contributed by atoms with van der Waals surface area (Å²) in [5, 5.41) is 9.74. The number of benzene rings is 1. The summed E-state index contributed by atoms with van der Waals surface area (Å²) in [5.41, 5.74) is -0.296. The summed E-state index contributed by atoms with van der Waals surface area (Å²) in [4.78, 5) is 25.0. The monoisotopic (exact) mass is 309 g/mol. The summed E-state index contributed by atoms with van der Waals surface area (Å²) >= 11 is 1.56. The summed E-state index contributed by atoms with van der Waals surface area (Å²) in [5.74, 6) is -0.584. The molecule has 2 unspecified atom stereocenters. The number of amides is 1. The molecule has 0 aliphatic carbocycles. The number of rotatable bonds is 4. The van der Waals surface area contributed by atoms with Crippen LogP contribution in [0.5, 0.6) is 0 Å². The second-order valence-corrected chi connectivity index (χ2v) is 6.69. The number of nitrogens with zero attached hydrogens (tertiary/aromatic N) is 1. The van der Waals surface area contributed by atoms with Crippen molar-refractivity contribution in [3.05, 3.63) is 35.9 Å². The second kappa shape index (κ2) is 6.39. The van der Waals surface area contributed by atoms with Crippen LogP contribution in [0.25, 0.3) is 0 Å². The van der Waals surface area contributed by atoms with Gasteiger partial charge in [0.25, 0.3) is 0 Å². The van der Waals surface area contributed by atoms with Crippen LogP contribution in [-0.2, 0) is 16.1 Å². The molecule has 0 bridgehead atoms. The molecular weight excluding hydrogens is 290 g/mol. The van der Waals surface area contributed by atoms with Gasteiger partial charge in [0.2, 0.25) is 0 Å². The van der Waals surface area contributed by atoms with Gasteiger partial charge in [-0.25, -0.2) is 9.59 Å². The van der Waals surface area contributed by atoms with Gasteiger partial charge in [-0.15, -0.1) is 0 Å². The normalized spacial score (nSPS) is 24.6. The standard InChI is InChI=1S/C15H19NO4S/c1-11-8-15(10-21-11,13(17)18)16(2)14(19)20-9-12-6-4-3-5-7-12/h3-7,11H,8-10H2,1-2H3,(H,17,18). The van der Waals surface area contributed by atoms with Crippen molar-refractivity contribution in [1.82, 2.24) is 4.90 Å². The fourth-order valence-electron chi connectivity index (χ4n) is 2.39. The summed E-state index contributed by atoms with van der Waals surface area (Å²) < 4.78 is 5.23. The number of carbonyl (C=O) groups is 2. The summed E-state index contributed by atoms with van der Waals surface area (Å²) in [6.07, 6.45) is -0.167. The van der Waals surface area contributed by atoms with Crippen LogP contribution in [0.3, 0.4) is 0 Å². The largest absolute Gasteiger partial charge is 0.479 e. The fraction of sp³-hybridized carbons (Fsp3) is 0.467. The third-order valence-corrected chi connectivity index (χ3v) is 5.13. The molecule has 1 fully saturated rings. The lowest BCUT2D eigenvalue weighted by Crippen LogP contribution is -2.55. The van der Waals surface area contributed by atoms with Crippen molar-refractivity contribution >= 4 is 23.8 Å². The minimum absolute atomic E-state index is 0.141. The van der Waals surface area contributed by atoms with Gasteiger partial charge in [-0.2, -0.15) is 11.8 Å². The van der Waals surface area contributed by atoms with E-state index in [2.05, 4.69) is 0 Å². The molecule has 2 atom stereocenters. The molecule has 0 radical (unpaired) electrons. The first-order chi connectivity index (χ1) is 9.95. The Kier molecular flexibility index (Phi) is 4.77. The molecule has 0 saturated carbocycles. The Morgan fingerprint density at radius 3 is 2.62 bits per heavy atom. The van der Waals surface area contributed by atoms with Gasteiger partial charge in [0.05, 0.1) is 0 Å². The number of hydrogen-bond acceptors (Lipinski definition) is 4. The van der Waals surface area contributed by atoms with Crippen LogP contribution < -0.4 is 0 Å². The maximum absolute atomic E-state index is 12.2. The van der Waals surface area contributed by atoms with E-state index in [1.807, 2.05) is 37.3 Å². The highest BCUT2D eigenvalue weighted by Gasteiger charge is 2.50. The van der Waals surface area contributed by atoms with Gasteiger partial charge in [0.1, 0.15) is 6.61 Å². The minimum Gasteiger partial charge on any atom is -0.479 e. The molecule has 1 saturated heterocycles. The molecule has 1 aliphatic heterocycles. The van der Waals surface area contributed by atoms with E-state index in [-0.39, 0.29) is 11.9 Å². The van der Waals surface area contributed by atoms with Gasteiger partial charge < -0.3 is 9.84 Å². The highest BCUT2D eigenvalue weighted by atomic mass is 32.2. The Bertz CT molecular complexity index is 522. The van der Waals surface area contributed by atoms with Crippen molar-refractivity contribution in [2.24, 2.45) is 0 Å². The first kappa shape index (κ1) is 15.7. The molecular formula is C15H19NO4S. The van der Waals surface area contributed by atoms with Crippen LogP contribution in [0.4, 0.5) is 4.79 Å². The predicted octanol–water partition coefficient (Wildman–Crippen LogP) is 2.60. The molecule has 1 aliphatic rings. The third kappa shape index (κ3) is 3.32. The molecule has 0 spiro atoms. The Hall–Kier alpha value is -1.69. The van der Waals surface area contributed by atoms with Crippen LogP contribution >= 0.6 is 11.8 Å². The van der Waals surface area contributed by atoms with E-state index in [1.54, 1.807) is 11.8 Å². The van der Waals surface area contributed by atoms with Crippen molar-refractivity contribution in [2.45, 2.75) is 30.7 Å². The lowest BCUT2D eigenvalue weighted by molar-refractivity contribution is -0.148. The number of likely N-dealkylation sites (N-methyl/N-ethyl adjacent to an activating group) is 1. The summed E-state index contributed by atoms with van der Waals surface area (Å²) in [6.45, 7) is 2.11. The van der Waals surface area contributed by atoms with Gasteiger partial charge in [-0.3, -0.25) is 4.90 Å². The minimum atomic E-state index is -1.17. The van der Waals surface area contributed by atoms with E-state index in [0.717, 1.165) is 5.56 Å². The number of aliphatic carboxylic acids is 1. The second-order valence-electron chi connectivity index (χ2n) is 5.26. The molecule has 1 heterocycles. The summed E-state index contributed by atoms with van der Waals surface area (Å²) in [7, 11) is 1.50. The van der Waals surface area contributed by atoms with E-state index in [1.165, 1.54) is 11.9 Å². The average molecular weight is 309 g/mol. The molecule has 1 N–H and O–H groups in total. The average Bonchev–Trinajstić information content (AvgIpc) is 2.88. The van der Waals surface area contributed by atoms with Crippen molar-refractivity contribution in [3.63, 3.8) is 0 Å². The maximum atomic E-state index is 12.2.